The van der Waals surface area contributed by atoms with Crippen LogP contribution in [0.15, 0.2) is 27.6 Å². The average molecular weight is 351 g/mol. The van der Waals surface area contributed by atoms with Crippen LogP contribution in [0.4, 0.5) is 10.5 Å². The first-order chi connectivity index (χ1) is 8.50. The van der Waals surface area contributed by atoms with Gasteiger partial charge in [-0.3, -0.25) is 5.32 Å². The first-order valence-electron chi connectivity index (χ1n) is 5.32. The van der Waals surface area contributed by atoms with Gasteiger partial charge in [0.2, 0.25) is 10.0 Å². The Morgan fingerprint density at radius 3 is 2.42 bits per heavy atom. The van der Waals surface area contributed by atoms with Crippen LogP contribution in [0.3, 0.4) is 0 Å². The van der Waals surface area contributed by atoms with E-state index in [1.807, 2.05) is 0 Å². The second-order valence-electron chi connectivity index (χ2n) is 4.78. The lowest BCUT2D eigenvalue weighted by Crippen LogP contribution is -2.28. The maximum Gasteiger partial charge on any atom is 0.412 e. The van der Waals surface area contributed by atoms with Crippen molar-refractivity contribution in [3.05, 3.63) is 22.7 Å². The van der Waals surface area contributed by atoms with Crippen molar-refractivity contribution in [2.24, 2.45) is 5.14 Å². The van der Waals surface area contributed by atoms with Crippen molar-refractivity contribution in [3.63, 3.8) is 0 Å². The highest BCUT2D eigenvalue weighted by atomic mass is 79.9. The summed E-state index contributed by atoms with van der Waals surface area (Å²) < 4.78 is 28.3. The number of para-hydroxylation sites is 1. The predicted octanol–water partition coefficient (Wildman–Crippen LogP) is 2.44. The fraction of sp³-hybridized carbons (Fsp3) is 0.364. The van der Waals surface area contributed by atoms with E-state index in [1.54, 1.807) is 26.8 Å². The third-order valence-corrected chi connectivity index (χ3v) is 3.52. The molecule has 6 nitrogen and oxygen atoms in total. The zero-order chi connectivity index (χ0) is 14.8. The van der Waals surface area contributed by atoms with E-state index in [2.05, 4.69) is 21.2 Å². The molecule has 1 amide bonds. The molecule has 0 aliphatic heterocycles. The standard InChI is InChI=1S/C11H15BrN2O4S/c1-11(2,3)18-10(15)14-9-7(12)5-4-6-8(9)19(13,16)17/h4-6H,1-3H3,(H,14,15)(H2,13,16,17). The summed E-state index contributed by atoms with van der Waals surface area (Å²) in [4.78, 5) is 11.5. The van der Waals surface area contributed by atoms with Crippen LogP contribution in [0.2, 0.25) is 0 Å². The van der Waals surface area contributed by atoms with Gasteiger partial charge in [0.15, 0.2) is 0 Å². The number of hydrogen-bond donors (Lipinski definition) is 2. The number of hydrogen-bond acceptors (Lipinski definition) is 4. The quantitative estimate of drug-likeness (QED) is 0.855. The summed E-state index contributed by atoms with van der Waals surface area (Å²) in [5.74, 6) is 0. The van der Waals surface area contributed by atoms with Crippen LogP contribution >= 0.6 is 15.9 Å². The van der Waals surface area contributed by atoms with E-state index in [-0.39, 0.29) is 10.6 Å². The van der Waals surface area contributed by atoms with Crippen molar-refractivity contribution >= 4 is 37.7 Å². The number of anilines is 1. The van der Waals surface area contributed by atoms with Crippen molar-refractivity contribution in [1.82, 2.24) is 0 Å². The number of ether oxygens (including phenoxy) is 1. The van der Waals surface area contributed by atoms with Crippen LogP contribution in [0.25, 0.3) is 0 Å². The number of halogens is 1. The second kappa shape index (κ2) is 5.48. The van der Waals surface area contributed by atoms with E-state index in [0.717, 1.165) is 0 Å². The maximum absolute atomic E-state index is 11.7. The van der Waals surface area contributed by atoms with Crippen molar-refractivity contribution in [2.75, 3.05) is 5.32 Å². The highest BCUT2D eigenvalue weighted by molar-refractivity contribution is 9.10. The van der Waals surface area contributed by atoms with Crippen LogP contribution in [0.1, 0.15) is 20.8 Å². The summed E-state index contributed by atoms with van der Waals surface area (Å²) in [6.07, 6.45) is -0.760. The molecular weight excluding hydrogens is 336 g/mol. The van der Waals surface area contributed by atoms with E-state index in [9.17, 15) is 13.2 Å². The molecule has 0 aliphatic carbocycles. The molecule has 0 radical (unpaired) electrons. The number of sulfonamides is 1. The summed E-state index contributed by atoms with van der Waals surface area (Å²) >= 11 is 3.16. The van der Waals surface area contributed by atoms with E-state index >= 15 is 0 Å². The first-order valence-corrected chi connectivity index (χ1v) is 7.66. The molecule has 0 aliphatic rings. The molecule has 1 rings (SSSR count). The molecule has 1 aromatic carbocycles. The Balaban J connectivity index is 3.11. The van der Waals surface area contributed by atoms with Gasteiger partial charge in [0.05, 0.1) is 5.69 Å². The molecule has 0 fully saturated rings. The maximum atomic E-state index is 11.7. The van der Waals surface area contributed by atoms with Crippen molar-refractivity contribution in [2.45, 2.75) is 31.3 Å². The Bertz CT molecular complexity index is 593. The van der Waals surface area contributed by atoms with Crippen LogP contribution in [0.5, 0.6) is 0 Å². The molecule has 0 atom stereocenters. The van der Waals surface area contributed by atoms with Crippen LogP contribution in [-0.4, -0.2) is 20.1 Å². The smallest absolute Gasteiger partial charge is 0.412 e. The number of nitrogens with one attached hydrogen (secondary N) is 1. The zero-order valence-electron chi connectivity index (χ0n) is 10.7. The van der Waals surface area contributed by atoms with Gasteiger partial charge >= 0.3 is 6.09 Å². The highest BCUT2D eigenvalue weighted by Crippen LogP contribution is 2.29. The lowest BCUT2D eigenvalue weighted by Gasteiger charge is -2.20. The third-order valence-electron chi connectivity index (χ3n) is 1.91. The number of primary sulfonamides is 1. The van der Waals surface area contributed by atoms with Gasteiger partial charge in [-0.25, -0.2) is 18.4 Å². The Morgan fingerprint density at radius 2 is 1.95 bits per heavy atom. The Hall–Kier alpha value is -1.12. The monoisotopic (exact) mass is 350 g/mol. The largest absolute Gasteiger partial charge is 0.444 e. The fourth-order valence-electron chi connectivity index (χ4n) is 1.27. The minimum atomic E-state index is -3.95. The van der Waals surface area contributed by atoms with E-state index in [4.69, 9.17) is 9.88 Å². The lowest BCUT2D eigenvalue weighted by atomic mass is 10.2. The predicted molar refractivity (Wildman–Crippen MR) is 75.4 cm³/mol. The summed E-state index contributed by atoms with van der Waals surface area (Å²) in [7, 11) is -3.95. The fourth-order valence-corrected chi connectivity index (χ4v) is 2.58. The SMILES string of the molecule is CC(C)(C)OC(=O)Nc1c(Br)cccc1S(N)(=O)=O. The molecule has 0 aromatic heterocycles. The number of carbonyl (C=O) groups is 1. The molecular formula is C11H15BrN2O4S. The van der Waals surface area contributed by atoms with E-state index in [0.29, 0.717) is 4.47 Å². The molecule has 0 heterocycles. The zero-order valence-corrected chi connectivity index (χ0v) is 13.1. The van der Waals surface area contributed by atoms with Gasteiger partial charge in [-0.05, 0) is 48.8 Å². The Labute approximate surface area is 120 Å². The molecule has 3 N–H and O–H groups in total. The molecule has 19 heavy (non-hydrogen) atoms. The molecule has 1 aromatic rings. The van der Waals surface area contributed by atoms with Crippen LogP contribution in [-0.2, 0) is 14.8 Å². The summed E-state index contributed by atoms with van der Waals surface area (Å²) in [5.41, 5.74) is -0.633. The van der Waals surface area contributed by atoms with Gasteiger partial charge in [-0.1, -0.05) is 6.07 Å². The Kier molecular flexibility index (Phi) is 4.59. The van der Waals surface area contributed by atoms with Crippen LogP contribution < -0.4 is 10.5 Å². The van der Waals surface area contributed by atoms with Crippen molar-refractivity contribution < 1.29 is 17.9 Å². The van der Waals surface area contributed by atoms with Gasteiger partial charge < -0.3 is 4.74 Å². The van der Waals surface area contributed by atoms with Crippen LogP contribution in [0, 0.1) is 0 Å². The topological polar surface area (TPSA) is 98.5 Å². The number of rotatable bonds is 2. The molecule has 0 saturated heterocycles. The van der Waals surface area contributed by atoms with Gasteiger partial charge in [0.25, 0.3) is 0 Å². The Morgan fingerprint density at radius 1 is 1.37 bits per heavy atom. The summed E-state index contributed by atoms with van der Waals surface area (Å²) in [5, 5.41) is 7.46. The first kappa shape index (κ1) is 15.9. The number of benzene rings is 1. The number of carbonyl (C=O) groups excluding carboxylic acids is 1. The lowest BCUT2D eigenvalue weighted by molar-refractivity contribution is 0.0635. The van der Waals surface area contributed by atoms with Gasteiger partial charge in [-0.15, -0.1) is 0 Å². The minimum Gasteiger partial charge on any atom is -0.444 e. The average Bonchev–Trinajstić information content (AvgIpc) is 2.16. The molecule has 8 heteroatoms. The molecule has 0 bridgehead atoms. The molecule has 106 valence electrons. The van der Waals surface area contributed by atoms with Gasteiger partial charge in [-0.2, -0.15) is 0 Å². The molecule has 0 saturated carbocycles. The summed E-state index contributed by atoms with van der Waals surface area (Å²) in [6, 6.07) is 4.39. The summed E-state index contributed by atoms with van der Waals surface area (Å²) in [6.45, 7) is 5.10. The van der Waals surface area contributed by atoms with Gasteiger partial charge in [0.1, 0.15) is 10.5 Å². The minimum absolute atomic E-state index is 0.0549. The van der Waals surface area contributed by atoms with Crippen molar-refractivity contribution in [1.29, 1.82) is 0 Å². The second-order valence-corrected chi connectivity index (χ2v) is 7.17. The van der Waals surface area contributed by atoms with E-state index < -0.39 is 21.7 Å². The number of amides is 1. The van der Waals surface area contributed by atoms with Gasteiger partial charge in [0, 0.05) is 4.47 Å². The van der Waals surface area contributed by atoms with E-state index in [1.165, 1.54) is 12.1 Å². The highest BCUT2D eigenvalue weighted by Gasteiger charge is 2.21. The molecule has 0 unspecified atom stereocenters. The third kappa shape index (κ3) is 4.81. The van der Waals surface area contributed by atoms with Crippen molar-refractivity contribution in [3.8, 4) is 0 Å². The molecule has 0 spiro atoms. The normalized spacial score (nSPS) is 12.1. The number of nitrogens with two attached hydrogens (primary N) is 1.